The average molecular weight is 443 g/mol. The molecular weight excluding hydrogens is 420 g/mol. The topological polar surface area (TPSA) is 75.2 Å². The van der Waals surface area contributed by atoms with Gasteiger partial charge in [-0.15, -0.1) is 0 Å². The van der Waals surface area contributed by atoms with Gasteiger partial charge in [-0.1, -0.05) is 35.9 Å². The van der Waals surface area contributed by atoms with E-state index in [1.807, 2.05) is 43.3 Å². The zero-order chi connectivity index (χ0) is 21.1. The van der Waals surface area contributed by atoms with Crippen molar-refractivity contribution in [2.75, 3.05) is 11.9 Å². The quantitative estimate of drug-likeness (QED) is 0.590. The van der Waals surface area contributed by atoms with Crippen LogP contribution in [0.3, 0.4) is 0 Å². The fraction of sp³-hybridized carbons (Fsp3) is 0.273. The first-order valence-electron chi connectivity index (χ1n) is 9.82. The molecule has 1 fully saturated rings. The molecule has 2 aromatic heterocycles. The molecule has 0 bridgehead atoms. The summed E-state index contributed by atoms with van der Waals surface area (Å²) in [5, 5.41) is 3.74. The Morgan fingerprint density at radius 1 is 1.07 bits per heavy atom. The van der Waals surface area contributed by atoms with Crippen LogP contribution in [-0.4, -0.2) is 29.2 Å². The summed E-state index contributed by atoms with van der Waals surface area (Å²) in [6.07, 6.45) is 1.55. The number of hydrogen-bond acceptors (Lipinski definition) is 5. The SMILES string of the molecule is Cc1cccc(Nc2cccc([C@H]3CCCN3S(=O)(=O)Cc3cccc(Cl)c3)n2)n1. The van der Waals surface area contributed by atoms with Gasteiger partial charge in [0, 0.05) is 17.3 Å². The lowest BCUT2D eigenvalue weighted by molar-refractivity contribution is 0.390. The summed E-state index contributed by atoms with van der Waals surface area (Å²) >= 11 is 6.02. The number of hydrogen-bond donors (Lipinski definition) is 1. The van der Waals surface area contributed by atoms with E-state index in [1.54, 1.807) is 28.6 Å². The van der Waals surface area contributed by atoms with Crippen molar-refractivity contribution in [1.82, 2.24) is 14.3 Å². The van der Waals surface area contributed by atoms with Crippen molar-refractivity contribution in [3.8, 4) is 0 Å². The van der Waals surface area contributed by atoms with Gasteiger partial charge in [-0.2, -0.15) is 4.31 Å². The third kappa shape index (κ3) is 4.80. The number of rotatable bonds is 6. The molecule has 0 unspecified atom stereocenters. The fourth-order valence-electron chi connectivity index (χ4n) is 3.74. The third-order valence-electron chi connectivity index (χ3n) is 5.06. The number of sulfonamides is 1. The molecule has 156 valence electrons. The molecule has 3 heterocycles. The van der Waals surface area contributed by atoms with Crippen LogP contribution in [0.5, 0.6) is 0 Å². The van der Waals surface area contributed by atoms with Gasteiger partial charge in [0.05, 0.1) is 17.5 Å². The van der Waals surface area contributed by atoms with Crippen molar-refractivity contribution in [2.24, 2.45) is 0 Å². The summed E-state index contributed by atoms with van der Waals surface area (Å²) in [5.74, 6) is 1.27. The van der Waals surface area contributed by atoms with Crippen molar-refractivity contribution >= 4 is 33.3 Å². The monoisotopic (exact) mass is 442 g/mol. The maximum Gasteiger partial charge on any atom is 0.218 e. The lowest BCUT2D eigenvalue weighted by Gasteiger charge is -2.24. The Morgan fingerprint density at radius 3 is 2.57 bits per heavy atom. The number of nitrogens with zero attached hydrogens (tertiary/aromatic N) is 3. The van der Waals surface area contributed by atoms with Gasteiger partial charge in [0.1, 0.15) is 11.6 Å². The normalized spacial score (nSPS) is 17.2. The van der Waals surface area contributed by atoms with Crippen LogP contribution < -0.4 is 5.32 Å². The first-order chi connectivity index (χ1) is 14.4. The highest BCUT2D eigenvalue weighted by molar-refractivity contribution is 7.88. The highest BCUT2D eigenvalue weighted by Gasteiger charge is 2.36. The molecule has 0 radical (unpaired) electrons. The van der Waals surface area contributed by atoms with E-state index in [1.165, 1.54) is 0 Å². The van der Waals surface area contributed by atoms with Crippen LogP contribution in [0.4, 0.5) is 11.6 Å². The Balaban J connectivity index is 1.56. The minimum Gasteiger partial charge on any atom is -0.325 e. The Labute approximate surface area is 182 Å². The number of aryl methyl sites for hydroxylation is 1. The van der Waals surface area contributed by atoms with Crippen molar-refractivity contribution in [3.05, 3.63) is 82.6 Å². The smallest absolute Gasteiger partial charge is 0.218 e. The van der Waals surface area contributed by atoms with Crippen LogP contribution in [0, 0.1) is 6.92 Å². The van der Waals surface area contributed by atoms with Gasteiger partial charge in [-0.25, -0.2) is 18.4 Å². The molecule has 30 heavy (non-hydrogen) atoms. The van der Waals surface area contributed by atoms with Gasteiger partial charge >= 0.3 is 0 Å². The van der Waals surface area contributed by atoms with Crippen molar-refractivity contribution in [3.63, 3.8) is 0 Å². The van der Waals surface area contributed by atoms with Crippen molar-refractivity contribution in [1.29, 1.82) is 0 Å². The van der Waals surface area contributed by atoms with Gasteiger partial charge in [0.15, 0.2) is 0 Å². The van der Waals surface area contributed by atoms with Gasteiger partial charge in [0.25, 0.3) is 0 Å². The first kappa shape index (κ1) is 20.8. The van der Waals surface area contributed by atoms with Gasteiger partial charge in [0.2, 0.25) is 10.0 Å². The van der Waals surface area contributed by atoms with E-state index in [0.29, 0.717) is 28.8 Å². The van der Waals surface area contributed by atoms with Crippen molar-refractivity contribution in [2.45, 2.75) is 31.6 Å². The van der Waals surface area contributed by atoms with Crippen LogP contribution in [0.15, 0.2) is 60.7 Å². The summed E-state index contributed by atoms with van der Waals surface area (Å²) in [6, 6.07) is 18.1. The molecular formula is C22H23ClN4O2S. The molecule has 4 rings (SSSR count). The molecule has 6 nitrogen and oxygen atoms in total. The molecule has 0 spiro atoms. The highest BCUT2D eigenvalue weighted by Crippen LogP contribution is 2.35. The maximum absolute atomic E-state index is 13.1. The number of benzene rings is 1. The number of halogens is 1. The second kappa shape index (κ2) is 8.71. The molecule has 0 aliphatic carbocycles. The number of aromatic nitrogens is 2. The molecule has 1 N–H and O–H groups in total. The fourth-order valence-corrected chi connectivity index (χ4v) is 5.73. The summed E-state index contributed by atoms with van der Waals surface area (Å²) in [5.41, 5.74) is 2.33. The summed E-state index contributed by atoms with van der Waals surface area (Å²) in [7, 11) is -3.50. The summed E-state index contributed by atoms with van der Waals surface area (Å²) < 4.78 is 27.9. The Hall–Kier alpha value is -2.48. The minimum absolute atomic E-state index is 0.0742. The second-order valence-electron chi connectivity index (χ2n) is 7.39. The number of pyridine rings is 2. The molecule has 1 aliphatic rings. The summed E-state index contributed by atoms with van der Waals surface area (Å²) in [6.45, 7) is 2.42. The molecule has 1 saturated heterocycles. The predicted octanol–water partition coefficient (Wildman–Crippen LogP) is 4.85. The zero-order valence-electron chi connectivity index (χ0n) is 16.6. The van der Waals surface area contributed by atoms with Crippen LogP contribution in [-0.2, 0) is 15.8 Å². The second-order valence-corrected chi connectivity index (χ2v) is 9.75. The summed E-state index contributed by atoms with van der Waals surface area (Å²) in [4.78, 5) is 9.12. The highest BCUT2D eigenvalue weighted by atomic mass is 35.5. The lowest BCUT2D eigenvalue weighted by atomic mass is 10.1. The predicted molar refractivity (Wildman–Crippen MR) is 119 cm³/mol. The van der Waals surface area contributed by atoms with E-state index in [-0.39, 0.29) is 11.8 Å². The van der Waals surface area contributed by atoms with E-state index in [4.69, 9.17) is 11.6 Å². The molecule has 0 amide bonds. The van der Waals surface area contributed by atoms with Gasteiger partial charge in [-0.3, -0.25) is 0 Å². The molecule has 0 saturated carbocycles. The Kier molecular flexibility index (Phi) is 6.04. The molecule has 1 aliphatic heterocycles. The van der Waals surface area contributed by atoms with E-state index < -0.39 is 10.0 Å². The zero-order valence-corrected chi connectivity index (χ0v) is 18.2. The van der Waals surface area contributed by atoms with E-state index >= 15 is 0 Å². The molecule has 3 aromatic rings. The lowest BCUT2D eigenvalue weighted by Crippen LogP contribution is -2.32. The third-order valence-corrected chi connectivity index (χ3v) is 7.14. The van der Waals surface area contributed by atoms with E-state index in [9.17, 15) is 8.42 Å². The van der Waals surface area contributed by atoms with E-state index in [0.717, 1.165) is 24.2 Å². The van der Waals surface area contributed by atoms with E-state index in [2.05, 4.69) is 15.3 Å². The minimum atomic E-state index is -3.50. The molecule has 8 heteroatoms. The first-order valence-corrected chi connectivity index (χ1v) is 11.8. The standard InChI is InChI=1S/C22H23ClN4O2S/c1-16-6-2-11-21(24-16)26-22-12-4-9-19(25-22)20-10-5-13-27(20)30(28,29)15-17-7-3-8-18(23)14-17/h2-4,6-9,11-12,14,20H,5,10,13,15H2,1H3,(H,24,25,26)/t20-/m1/s1. The average Bonchev–Trinajstić information content (AvgIpc) is 3.19. The number of anilines is 2. The van der Waals surface area contributed by atoms with Crippen LogP contribution in [0.25, 0.3) is 0 Å². The van der Waals surface area contributed by atoms with Gasteiger partial charge in [-0.05, 0) is 61.7 Å². The van der Waals surface area contributed by atoms with Crippen LogP contribution >= 0.6 is 11.6 Å². The maximum atomic E-state index is 13.1. The van der Waals surface area contributed by atoms with Crippen LogP contribution in [0.1, 0.15) is 35.8 Å². The molecule has 1 aromatic carbocycles. The largest absolute Gasteiger partial charge is 0.325 e. The van der Waals surface area contributed by atoms with Crippen molar-refractivity contribution < 1.29 is 8.42 Å². The Morgan fingerprint density at radius 2 is 1.80 bits per heavy atom. The number of nitrogens with one attached hydrogen (secondary N) is 1. The molecule has 1 atom stereocenters. The van der Waals surface area contributed by atoms with Crippen LogP contribution in [0.2, 0.25) is 5.02 Å². The van der Waals surface area contributed by atoms with Gasteiger partial charge < -0.3 is 5.32 Å². The Bertz CT molecular complexity index is 1150.